The number of rotatable bonds is 6. The van der Waals surface area contributed by atoms with Crippen LogP contribution in [0, 0.1) is 5.92 Å². The number of piperidine rings is 1. The van der Waals surface area contributed by atoms with Crippen LogP contribution in [0.5, 0.6) is 0 Å². The van der Waals surface area contributed by atoms with Crippen molar-refractivity contribution in [2.75, 3.05) is 32.8 Å². The number of aliphatic imine (C=N–C) groups is 1. The number of guanidine groups is 1. The lowest BCUT2D eigenvalue weighted by atomic mass is 9.98. The summed E-state index contributed by atoms with van der Waals surface area (Å²) in [6.07, 6.45) is 7.02. The molecule has 0 aromatic rings. The summed E-state index contributed by atoms with van der Waals surface area (Å²) in [5.41, 5.74) is 0. The summed E-state index contributed by atoms with van der Waals surface area (Å²) in [5.74, 6) is 0.807. The van der Waals surface area contributed by atoms with Crippen LogP contribution in [0.25, 0.3) is 0 Å². The zero-order chi connectivity index (χ0) is 15.5. The van der Waals surface area contributed by atoms with E-state index in [1.54, 1.807) is 0 Å². The molecule has 0 radical (unpaired) electrons. The lowest BCUT2D eigenvalue weighted by Gasteiger charge is -2.34. The highest BCUT2D eigenvalue weighted by atomic mass is 16.5. The van der Waals surface area contributed by atoms with E-state index in [2.05, 4.69) is 28.2 Å². The summed E-state index contributed by atoms with van der Waals surface area (Å²) >= 11 is 0. The molecule has 0 amide bonds. The first kappa shape index (κ1) is 17.5. The molecule has 0 bridgehead atoms. The number of nitrogens with one attached hydrogen (secondary N) is 1. The van der Waals surface area contributed by atoms with Gasteiger partial charge >= 0.3 is 5.97 Å². The molecule has 1 rings (SSSR count). The number of carbonyl (C=O) groups excluding carboxylic acids is 1. The van der Waals surface area contributed by atoms with Gasteiger partial charge in [-0.05, 0) is 40.0 Å². The van der Waals surface area contributed by atoms with E-state index < -0.39 is 0 Å². The third-order valence-electron chi connectivity index (χ3n) is 3.47. The lowest BCUT2D eigenvalue weighted by molar-refractivity contribution is -0.149. The van der Waals surface area contributed by atoms with Gasteiger partial charge in [0.1, 0.15) is 0 Å². The first-order chi connectivity index (χ1) is 10.2. The molecule has 1 saturated heterocycles. The fourth-order valence-corrected chi connectivity index (χ4v) is 2.46. The van der Waals surface area contributed by atoms with Gasteiger partial charge in [-0.25, -0.2) is 0 Å². The van der Waals surface area contributed by atoms with Crippen LogP contribution in [0.4, 0.5) is 0 Å². The second kappa shape index (κ2) is 10.2. The maximum atomic E-state index is 11.9. The zero-order valence-corrected chi connectivity index (χ0v) is 13.6. The first-order valence-corrected chi connectivity index (χ1v) is 8.03. The van der Waals surface area contributed by atoms with E-state index >= 15 is 0 Å². The van der Waals surface area contributed by atoms with Crippen molar-refractivity contribution in [2.24, 2.45) is 10.9 Å². The topological polar surface area (TPSA) is 53.9 Å². The Kier molecular flexibility index (Phi) is 8.55. The Labute approximate surface area is 128 Å². The molecule has 0 aromatic carbocycles. The van der Waals surface area contributed by atoms with Crippen LogP contribution < -0.4 is 5.32 Å². The SMILES string of the molecule is C/C=C/CCN=C(NCC)N1CCCC(C(=O)OCC)C1. The zero-order valence-electron chi connectivity index (χ0n) is 13.6. The van der Waals surface area contributed by atoms with Gasteiger partial charge in [-0.15, -0.1) is 0 Å². The Morgan fingerprint density at radius 2 is 2.29 bits per heavy atom. The van der Waals surface area contributed by atoms with Crippen LogP contribution in [-0.2, 0) is 9.53 Å². The Morgan fingerprint density at radius 1 is 1.48 bits per heavy atom. The van der Waals surface area contributed by atoms with E-state index in [1.165, 1.54) is 0 Å². The summed E-state index contributed by atoms with van der Waals surface area (Å²) in [6, 6.07) is 0. The average molecular weight is 295 g/mol. The maximum absolute atomic E-state index is 11.9. The van der Waals surface area contributed by atoms with Gasteiger partial charge in [0, 0.05) is 26.2 Å². The molecule has 0 aromatic heterocycles. The monoisotopic (exact) mass is 295 g/mol. The molecule has 1 aliphatic rings. The largest absolute Gasteiger partial charge is 0.466 e. The van der Waals surface area contributed by atoms with Gasteiger partial charge in [0.2, 0.25) is 0 Å². The molecule has 5 heteroatoms. The number of esters is 1. The van der Waals surface area contributed by atoms with Crippen molar-refractivity contribution in [3.05, 3.63) is 12.2 Å². The summed E-state index contributed by atoms with van der Waals surface area (Å²) in [5, 5.41) is 3.32. The number of allylic oxidation sites excluding steroid dienone is 1. The van der Waals surface area contributed by atoms with E-state index in [9.17, 15) is 4.79 Å². The second-order valence-corrected chi connectivity index (χ2v) is 5.13. The lowest BCUT2D eigenvalue weighted by Crippen LogP contribution is -2.48. The van der Waals surface area contributed by atoms with Crippen molar-refractivity contribution < 1.29 is 9.53 Å². The van der Waals surface area contributed by atoms with Crippen molar-refractivity contribution in [1.82, 2.24) is 10.2 Å². The molecule has 0 aliphatic carbocycles. The van der Waals surface area contributed by atoms with E-state index in [0.717, 1.165) is 44.9 Å². The minimum absolute atomic E-state index is 0.0295. The fourth-order valence-electron chi connectivity index (χ4n) is 2.46. The third-order valence-corrected chi connectivity index (χ3v) is 3.47. The van der Waals surface area contributed by atoms with Crippen LogP contribution in [0.15, 0.2) is 17.1 Å². The second-order valence-electron chi connectivity index (χ2n) is 5.13. The van der Waals surface area contributed by atoms with Gasteiger partial charge in [-0.2, -0.15) is 0 Å². The predicted octanol–water partition coefficient (Wildman–Crippen LogP) is 2.19. The highest BCUT2D eigenvalue weighted by molar-refractivity contribution is 5.81. The van der Waals surface area contributed by atoms with Crippen LogP contribution in [-0.4, -0.2) is 49.6 Å². The summed E-state index contributed by atoms with van der Waals surface area (Å²) < 4.78 is 5.15. The van der Waals surface area contributed by atoms with Crippen LogP contribution in [0.2, 0.25) is 0 Å². The molecule has 1 atom stereocenters. The van der Waals surface area contributed by atoms with E-state index in [1.807, 2.05) is 19.9 Å². The minimum Gasteiger partial charge on any atom is -0.466 e. The highest BCUT2D eigenvalue weighted by Crippen LogP contribution is 2.18. The molecule has 0 spiro atoms. The van der Waals surface area contributed by atoms with Crippen molar-refractivity contribution in [3.8, 4) is 0 Å². The van der Waals surface area contributed by atoms with Crippen molar-refractivity contribution >= 4 is 11.9 Å². The number of carbonyl (C=O) groups is 1. The quantitative estimate of drug-likeness (QED) is 0.268. The molecule has 1 heterocycles. The molecule has 120 valence electrons. The van der Waals surface area contributed by atoms with Crippen LogP contribution in [0.3, 0.4) is 0 Å². The smallest absolute Gasteiger partial charge is 0.310 e. The van der Waals surface area contributed by atoms with Crippen LogP contribution >= 0.6 is 0 Å². The minimum atomic E-state index is -0.0769. The number of hydrogen-bond donors (Lipinski definition) is 1. The molecule has 21 heavy (non-hydrogen) atoms. The van der Waals surface area contributed by atoms with Gasteiger partial charge in [0.25, 0.3) is 0 Å². The molecule has 1 unspecified atom stereocenters. The average Bonchev–Trinajstić information content (AvgIpc) is 2.51. The highest BCUT2D eigenvalue weighted by Gasteiger charge is 2.28. The predicted molar refractivity (Wildman–Crippen MR) is 86.3 cm³/mol. The Balaban J connectivity index is 2.62. The van der Waals surface area contributed by atoms with E-state index in [0.29, 0.717) is 13.2 Å². The number of ether oxygens (including phenoxy) is 1. The summed E-state index contributed by atoms with van der Waals surface area (Å²) in [4.78, 5) is 18.7. The molecular formula is C16H29N3O2. The number of likely N-dealkylation sites (tertiary alicyclic amines) is 1. The Bertz CT molecular complexity index is 367. The number of hydrogen-bond acceptors (Lipinski definition) is 3. The fraction of sp³-hybridized carbons (Fsp3) is 0.750. The molecule has 1 fully saturated rings. The Morgan fingerprint density at radius 3 is 2.95 bits per heavy atom. The molecular weight excluding hydrogens is 266 g/mol. The molecule has 1 N–H and O–H groups in total. The van der Waals surface area contributed by atoms with Gasteiger partial charge in [0.15, 0.2) is 5.96 Å². The van der Waals surface area contributed by atoms with Gasteiger partial charge < -0.3 is 15.0 Å². The maximum Gasteiger partial charge on any atom is 0.310 e. The Hall–Kier alpha value is -1.52. The van der Waals surface area contributed by atoms with Gasteiger partial charge in [0.05, 0.1) is 12.5 Å². The molecule has 0 saturated carbocycles. The third kappa shape index (κ3) is 6.19. The molecule has 1 aliphatic heterocycles. The standard InChI is InChI=1S/C16H29N3O2/c1-4-7-8-11-18-16(17-5-2)19-12-9-10-14(13-19)15(20)21-6-3/h4,7,14H,5-6,8-13H2,1-3H3,(H,17,18)/b7-4+. The van der Waals surface area contributed by atoms with E-state index in [-0.39, 0.29) is 11.9 Å². The van der Waals surface area contributed by atoms with Crippen molar-refractivity contribution in [2.45, 2.75) is 40.0 Å². The van der Waals surface area contributed by atoms with E-state index in [4.69, 9.17) is 4.74 Å². The van der Waals surface area contributed by atoms with Crippen LogP contribution in [0.1, 0.15) is 40.0 Å². The summed E-state index contributed by atoms with van der Waals surface area (Å²) in [7, 11) is 0. The number of nitrogens with zero attached hydrogens (tertiary/aromatic N) is 2. The van der Waals surface area contributed by atoms with Gasteiger partial charge in [-0.3, -0.25) is 9.79 Å². The summed E-state index contributed by atoms with van der Waals surface area (Å²) in [6.45, 7) is 9.64. The first-order valence-electron chi connectivity index (χ1n) is 8.03. The van der Waals surface area contributed by atoms with Crippen molar-refractivity contribution in [3.63, 3.8) is 0 Å². The van der Waals surface area contributed by atoms with Gasteiger partial charge in [-0.1, -0.05) is 12.2 Å². The van der Waals surface area contributed by atoms with Crippen molar-refractivity contribution in [1.29, 1.82) is 0 Å². The normalized spacial score (nSPS) is 19.9. The molecule has 5 nitrogen and oxygen atoms in total.